The lowest BCUT2D eigenvalue weighted by molar-refractivity contribution is 0.581. The van der Waals surface area contributed by atoms with Crippen molar-refractivity contribution in [1.82, 2.24) is 15.1 Å². The van der Waals surface area contributed by atoms with E-state index in [4.69, 9.17) is 23.2 Å². The maximum Gasteiger partial charge on any atom is 0.119 e. The summed E-state index contributed by atoms with van der Waals surface area (Å²) in [5, 5.41) is 8.52. The molecule has 2 aromatic rings. The first-order valence-corrected chi connectivity index (χ1v) is 8.37. The van der Waals surface area contributed by atoms with Crippen LogP contribution in [0.1, 0.15) is 29.7 Å². The highest BCUT2D eigenvalue weighted by Gasteiger charge is 2.23. The van der Waals surface area contributed by atoms with Crippen molar-refractivity contribution in [3.05, 3.63) is 57.1 Å². The first kappa shape index (κ1) is 16.5. The number of aryl methyl sites for hydroxylation is 1. The molecule has 1 heterocycles. The van der Waals surface area contributed by atoms with E-state index in [2.05, 4.69) is 10.4 Å². The largest absolute Gasteiger partial charge is 0.314 e. The minimum atomic E-state index is -0.114. The molecule has 0 spiro atoms. The van der Waals surface area contributed by atoms with E-state index in [-0.39, 0.29) is 12.4 Å². The van der Waals surface area contributed by atoms with Crippen LogP contribution in [-0.2, 0) is 13.0 Å². The van der Waals surface area contributed by atoms with Crippen LogP contribution in [0.2, 0.25) is 10.0 Å². The lowest BCUT2D eigenvalue weighted by Crippen LogP contribution is -2.15. The molecular weight excluding hydrogens is 336 g/mol. The highest BCUT2D eigenvalue weighted by Crippen LogP contribution is 2.34. The van der Waals surface area contributed by atoms with Gasteiger partial charge in [-0.15, -0.1) is 0 Å². The predicted octanol–water partition coefficient (Wildman–Crippen LogP) is 4.47. The molecule has 1 N–H and O–H groups in total. The average molecular weight is 354 g/mol. The van der Waals surface area contributed by atoms with Crippen molar-refractivity contribution in [1.29, 1.82) is 0 Å². The first-order chi connectivity index (χ1) is 11.1. The smallest absolute Gasteiger partial charge is 0.119 e. The van der Waals surface area contributed by atoms with Crippen molar-refractivity contribution in [2.75, 3.05) is 13.6 Å². The van der Waals surface area contributed by atoms with Gasteiger partial charge in [0.2, 0.25) is 0 Å². The van der Waals surface area contributed by atoms with Crippen LogP contribution in [0.5, 0.6) is 0 Å². The van der Waals surface area contributed by atoms with E-state index in [1.807, 2.05) is 16.9 Å². The molecule has 0 saturated heterocycles. The van der Waals surface area contributed by atoms with E-state index >= 15 is 0 Å². The second-order valence-corrected chi connectivity index (χ2v) is 6.52. The summed E-state index contributed by atoms with van der Waals surface area (Å²) in [6.45, 7) is 0.739. The number of nitrogens with one attached hydrogen (secondary N) is 1. The molecule has 0 saturated carbocycles. The van der Waals surface area contributed by atoms with E-state index in [0.29, 0.717) is 16.6 Å². The molecule has 3 rings (SSSR count). The first-order valence-electron chi connectivity index (χ1n) is 7.61. The SMILES string of the molecule is CNC/C(F)=C1\CCCc2cnn(Cc3ccc(Cl)cc3Cl)c21. The van der Waals surface area contributed by atoms with Crippen LogP contribution in [0.3, 0.4) is 0 Å². The summed E-state index contributed by atoms with van der Waals surface area (Å²) < 4.78 is 16.3. The summed E-state index contributed by atoms with van der Waals surface area (Å²) in [5.74, 6) is -0.114. The number of hydrogen-bond acceptors (Lipinski definition) is 2. The van der Waals surface area contributed by atoms with Crippen molar-refractivity contribution in [3.8, 4) is 0 Å². The maximum absolute atomic E-state index is 14.4. The van der Waals surface area contributed by atoms with Crippen LogP contribution in [-0.4, -0.2) is 23.4 Å². The van der Waals surface area contributed by atoms with E-state index in [1.54, 1.807) is 19.2 Å². The molecule has 1 aliphatic rings. The molecule has 1 aromatic heterocycles. The third-order valence-electron chi connectivity index (χ3n) is 4.07. The van der Waals surface area contributed by atoms with Crippen LogP contribution in [0.15, 0.2) is 30.2 Å². The number of nitrogens with zero attached hydrogens (tertiary/aromatic N) is 2. The molecule has 6 heteroatoms. The molecule has 1 aromatic carbocycles. The van der Waals surface area contributed by atoms with E-state index in [1.165, 1.54) is 0 Å². The molecule has 0 unspecified atom stereocenters. The quantitative estimate of drug-likeness (QED) is 0.878. The average Bonchev–Trinajstić information content (AvgIpc) is 2.93. The lowest BCUT2D eigenvalue weighted by atomic mass is 9.92. The van der Waals surface area contributed by atoms with E-state index < -0.39 is 0 Å². The summed E-state index contributed by atoms with van der Waals surface area (Å²) in [6, 6.07) is 5.40. The van der Waals surface area contributed by atoms with Gasteiger partial charge in [-0.3, -0.25) is 4.68 Å². The third kappa shape index (κ3) is 3.44. The zero-order valence-corrected chi connectivity index (χ0v) is 14.4. The Bertz CT molecular complexity index is 752. The molecule has 3 nitrogen and oxygen atoms in total. The Balaban J connectivity index is 1.99. The van der Waals surface area contributed by atoms with Crippen molar-refractivity contribution in [2.45, 2.75) is 25.8 Å². The highest BCUT2D eigenvalue weighted by molar-refractivity contribution is 6.35. The molecule has 0 aliphatic heterocycles. The van der Waals surface area contributed by atoms with Gasteiger partial charge in [-0.25, -0.2) is 4.39 Å². The number of hydrogen-bond donors (Lipinski definition) is 1. The Morgan fingerprint density at radius 1 is 1.35 bits per heavy atom. The molecule has 0 fully saturated rings. The minimum Gasteiger partial charge on any atom is -0.314 e. The Morgan fingerprint density at radius 2 is 2.17 bits per heavy atom. The van der Waals surface area contributed by atoms with Gasteiger partial charge in [0.1, 0.15) is 5.83 Å². The fourth-order valence-corrected chi connectivity index (χ4v) is 3.46. The summed E-state index contributed by atoms with van der Waals surface area (Å²) in [4.78, 5) is 0. The van der Waals surface area contributed by atoms with Crippen molar-refractivity contribution < 1.29 is 4.39 Å². The third-order valence-corrected chi connectivity index (χ3v) is 4.66. The van der Waals surface area contributed by atoms with Crippen LogP contribution in [0.25, 0.3) is 5.57 Å². The Hall–Kier alpha value is -1.36. The molecule has 23 heavy (non-hydrogen) atoms. The zero-order chi connectivity index (χ0) is 16.4. The maximum atomic E-state index is 14.4. The molecule has 1 aliphatic carbocycles. The highest BCUT2D eigenvalue weighted by atomic mass is 35.5. The van der Waals surface area contributed by atoms with Gasteiger partial charge in [0.25, 0.3) is 0 Å². The number of aromatic nitrogens is 2. The van der Waals surface area contributed by atoms with Crippen molar-refractivity contribution in [3.63, 3.8) is 0 Å². The normalized spacial score (nSPS) is 16.3. The standard InChI is InChI=1S/C17H18Cl2FN3/c1-21-9-16(20)14-4-2-3-11-8-22-23(17(11)14)10-12-5-6-13(18)7-15(12)19/h5-8,21H,2-4,9-10H2,1H3/b16-14-. The minimum absolute atomic E-state index is 0.114. The monoisotopic (exact) mass is 353 g/mol. The van der Waals surface area contributed by atoms with Crippen LogP contribution in [0, 0.1) is 0 Å². The van der Waals surface area contributed by atoms with E-state index in [9.17, 15) is 4.39 Å². The summed E-state index contributed by atoms with van der Waals surface area (Å²) in [5.41, 5.74) is 3.67. The fraction of sp³-hybridized carbons (Fsp3) is 0.353. The summed E-state index contributed by atoms with van der Waals surface area (Å²) >= 11 is 12.2. The Labute approximate surface area is 145 Å². The van der Waals surface area contributed by atoms with Crippen LogP contribution >= 0.6 is 23.2 Å². The number of benzene rings is 1. The second-order valence-electron chi connectivity index (χ2n) is 5.68. The van der Waals surface area contributed by atoms with Gasteiger partial charge in [-0.1, -0.05) is 29.3 Å². The van der Waals surface area contributed by atoms with Gasteiger partial charge in [0.05, 0.1) is 18.4 Å². The molecular formula is C17H18Cl2FN3. The number of likely N-dealkylation sites (N-methyl/N-ethyl adjacent to an activating group) is 1. The zero-order valence-electron chi connectivity index (χ0n) is 12.9. The molecule has 0 radical (unpaired) electrons. The Morgan fingerprint density at radius 3 is 2.91 bits per heavy atom. The van der Waals surface area contributed by atoms with Gasteiger partial charge in [0.15, 0.2) is 0 Å². The molecule has 0 atom stereocenters. The van der Waals surface area contributed by atoms with Crippen molar-refractivity contribution in [2.24, 2.45) is 0 Å². The summed E-state index contributed by atoms with van der Waals surface area (Å²) in [7, 11) is 1.74. The topological polar surface area (TPSA) is 29.9 Å². The van der Waals surface area contributed by atoms with Gasteiger partial charge in [-0.2, -0.15) is 5.10 Å². The second kappa shape index (κ2) is 7.04. The van der Waals surface area contributed by atoms with Gasteiger partial charge >= 0.3 is 0 Å². The van der Waals surface area contributed by atoms with Gasteiger partial charge < -0.3 is 5.32 Å². The lowest BCUT2D eigenvalue weighted by Gasteiger charge is -2.19. The molecule has 122 valence electrons. The van der Waals surface area contributed by atoms with E-state index in [0.717, 1.165) is 41.7 Å². The number of fused-ring (bicyclic) bond motifs is 1. The Kier molecular flexibility index (Phi) is 5.05. The number of allylic oxidation sites excluding steroid dienone is 1. The van der Waals surface area contributed by atoms with Gasteiger partial charge in [-0.05, 0) is 49.6 Å². The number of rotatable bonds is 4. The summed E-state index contributed by atoms with van der Waals surface area (Å²) in [6.07, 6.45) is 4.46. The molecule has 0 bridgehead atoms. The van der Waals surface area contributed by atoms with Crippen LogP contribution < -0.4 is 5.32 Å². The predicted molar refractivity (Wildman–Crippen MR) is 92.7 cm³/mol. The number of halogens is 3. The fourth-order valence-electron chi connectivity index (χ4n) is 2.99. The molecule has 0 amide bonds. The van der Waals surface area contributed by atoms with Crippen molar-refractivity contribution >= 4 is 28.8 Å². The van der Waals surface area contributed by atoms with Gasteiger partial charge in [0, 0.05) is 22.2 Å². The van der Waals surface area contributed by atoms with Crippen LogP contribution in [0.4, 0.5) is 4.39 Å².